The van der Waals surface area contributed by atoms with Crippen molar-refractivity contribution >= 4 is 5.91 Å². The molecule has 0 aliphatic heterocycles. The zero-order valence-corrected chi connectivity index (χ0v) is 13.6. The van der Waals surface area contributed by atoms with Crippen molar-refractivity contribution in [2.45, 2.75) is 46.3 Å². The summed E-state index contributed by atoms with van der Waals surface area (Å²) in [4.78, 5) is 12.1. The largest absolute Gasteiger partial charge is 0.481 e. The van der Waals surface area contributed by atoms with Crippen molar-refractivity contribution in [3.8, 4) is 5.75 Å². The van der Waals surface area contributed by atoms with Gasteiger partial charge in [0.25, 0.3) is 5.91 Å². The SMILES string of the molecule is Cc1ccc(C(C)C)cc1OC(C)C(=O)NCc1ccco1. The maximum Gasteiger partial charge on any atom is 0.261 e. The number of nitrogens with one attached hydrogen (secondary N) is 1. The summed E-state index contributed by atoms with van der Waals surface area (Å²) in [5.41, 5.74) is 2.22. The highest BCUT2D eigenvalue weighted by Crippen LogP contribution is 2.25. The van der Waals surface area contributed by atoms with E-state index in [0.717, 1.165) is 17.1 Å². The monoisotopic (exact) mass is 301 g/mol. The number of amides is 1. The van der Waals surface area contributed by atoms with Crippen molar-refractivity contribution in [3.05, 3.63) is 53.5 Å². The van der Waals surface area contributed by atoms with Gasteiger partial charge in [-0.05, 0) is 49.1 Å². The van der Waals surface area contributed by atoms with Crippen LogP contribution in [-0.4, -0.2) is 12.0 Å². The van der Waals surface area contributed by atoms with Crippen LogP contribution in [0.15, 0.2) is 41.0 Å². The Morgan fingerprint density at radius 2 is 2.05 bits per heavy atom. The molecule has 0 saturated heterocycles. The number of furan rings is 1. The number of hydrogen-bond donors (Lipinski definition) is 1. The second-order valence-electron chi connectivity index (χ2n) is 5.74. The molecule has 1 amide bonds. The van der Waals surface area contributed by atoms with Gasteiger partial charge in [-0.25, -0.2) is 0 Å². The Morgan fingerprint density at radius 3 is 2.68 bits per heavy atom. The van der Waals surface area contributed by atoms with Crippen LogP contribution in [0.3, 0.4) is 0 Å². The summed E-state index contributed by atoms with van der Waals surface area (Å²) < 4.78 is 11.0. The predicted molar refractivity (Wildman–Crippen MR) is 85.9 cm³/mol. The van der Waals surface area contributed by atoms with Gasteiger partial charge in [0.1, 0.15) is 11.5 Å². The molecule has 0 aliphatic carbocycles. The fourth-order valence-electron chi connectivity index (χ4n) is 2.08. The van der Waals surface area contributed by atoms with Crippen LogP contribution in [0, 0.1) is 6.92 Å². The zero-order chi connectivity index (χ0) is 16.1. The van der Waals surface area contributed by atoms with Gasteiger partial charge in [0.2, 0.25) is 0 Å². The molecule has 1 aromatic heterocycles. The number of ether oxygens (including phenoxy) is 1. The van der Waals surface area contributed by atoms with E-state index in [0.29, 0.717) is 12.5 Å². The molecule has 0 fully saturated rings. The summed E-state index contributed by atoms with van der Waals surface area (Å²) in [5, 5.41) is 2.80. The number of carbonyl (C=O) groups excluding carboxylic acids is 1. The Morgan fingerprint density at radius 1 is 1.27 bits per heavy atom. The van der Waals surface area contributed by atoms with E-state index >= 15 is 0 Å². The third-order valence-electron chi connectivity index (χ3n) is 3.57. The first kappa shape index (κ1) is 16.1. The molecular formula is C18H23NO3. The van der Waals surface area contributed by atoms with Crippen molar-refractivity contribution in [2.75, 3.05) is 0 Å². The third-order valence-corrected chi connectivity index (χ3v) is 3.57. The van der Waals surface area contributed by atoms with Crippen molar-refractivity contribution in [1.82, 2.24) is 5.32 Å². The van der Waals surface area contributed by atoms with Gasteiger partial charge in [-0.1, -0.05) is 26.0 Å². The van der Waals surface area contributed by atoms with Crippen molar-refractivity contribution in [1.29, 1.82) is 0 Å². The molecule has 0 bridgehead atoms. The van der Waals surface area contributed by atoms with E-state index in [-0.39, 0.29) is 5.91 Å². The van der Waals surface area contributed by atoms with E-state index in [1.165, 1.54) is 5.56 Å². The molecule has 1 N–H and O–H groups in total. The number of rotatable bonds is 6. The maximum atomic E-state index is 12.1. The molecule has 2 aromatic rings. The average molecular weight is 301 g/mol. The van der Waals surface area contributed by atoms with Gasteiger partial charge in [-0.2, -0.15) is 0 Å². The lowest BCUT2D eigenvalue weighted by Crippen LogP contribution is -2.36. The van der Waals surface area contributed by atoms with Crippen molar-refractivity contribution < 1.29 is 13.9 Å². The minimum absolute atomic E-state index is 0.161. The molecule has 0 radical (unpaired) electrons. The van der Waals surface area contributed by atoms with E-state index < -0.39 is 6.10 Å². The lowest BCUT2D eigenvalue weighted by Gasteiger charge is -2.17. The molecule has 4 nitrogen and oxygen atoms in total. The van der Waals surface area contributed by atoms with Gasteiger partial charge in [0.05, 0.1) is 12.8 Å². The number of carbonyl (C=O) groups is 1. The Kier molecular flexibility index (Phi) is 5.26. The first-order chi connectivity index (χ1) is 10.5. The van der Waals surface area contributed by atoms with Gasteiger partial charge in [0.15, 0.2) is 6.10 Å². The second kappa shape index (κ2) is 7.16. The molecule has 0 spiro atoms. The highest BCUT2D eigenvalue weighted by atomic mass is 16.5. The third kappa shape index (κ3) is 4.13. The summed E-state index contributed by atoms with van der Waals surface area (Å²) in [6.45, 7) is 8.36. The van der Waals surface area contributed by atoms with Gasteiger partial charge in [0, 0.05) is 0 Å². The first-order valence-corrected chi connectivity index (χ1v) is 7.54. The van der Waals surface area contributed by atoms with Crippen LogP contribution < -0.4 is 10.1 Å². The minimum Gasteiger partial charge on any atom is -0.481 e. The smallest absolute Gasteiger partial charge is 0.261 e. The predicted octanol–water partition coefficient (Wildman–Crippen LogP) is 3.80. The van der Waals surface area contributed by atoms with E-state index in [1.807, 2.05) is 25.1 Å². The van der Waals surface area contributed by atoms with Crippen LogP contribution in [0.2, 0.25) is 0 Å². The summed E-state index contributed by atoms with van der Waals surface area (Å²) in [7, 11) is 0. The minimum atomic E-state index is -0.559. The molecular weight excluding hydrogens is 278 g/mol. The Labute approximate surface area is 131 Å². The quantitative estimate of drug-likeness (QED) is 0.883. The molecule has 1 aromatic carbocycles. The average Bonchev–Trinajstić information content (AvgIpc) is 3.00. The fourth-order valence-corrected chi connectivity index (χ4v) is 2.08. The van der Waals surface area contributed by atoms with Crippen molar-refractivity contribution in [3.63, 3.8) is 0 Å². The first-order valence-electron chi connectivity index (χ1n) is 7.54. The molecule has 118 valence electrons. The van der Waals surface area contributed by atoms with Gasteiger partial charge in [-0.3, -0.25) is 4.79 Å². The molecule has 1 unspecified atom stereocenters. The normalized spacial score (nSPS) is 12.2. The second-order valence-corrected chi connectivity index (χ2v) is 5.74. The van der Waals surface area contributed by atoms with E-state index in [9.17, 15) is 4.79 Å². The molecule has 0 aliphatic rings. The van der Waals surface area contributed by atoms with Crippen molar-refractivity contribution in [2.24, 2.45) is 0 Å². The standard InChI is InChI=1S/C18H23NO3/c1-12(2)15-8-7-13(3)17(10-15)22-14(4)18(20)19-11-16-6-5-9-21-16/h5-10,12,14H,11H2,1-4H3,(H,19,20). The van der Waals surface area contributed by atoms with Gasteiger partial charge < -0.3 is 14.5 Å². The summed E-state index contributed by atoms with van der Waals surface area (Å²) in [5.74, 6) is 1.74. The summed E-state index contributed by atoms with van der Waals surface area (Å²) in [6.07, 6.45) is 1.03. The molecule has 22 heavy (non-hydrogen) atoms. The topological polar surface area (TPSA) is 51.5 Å². The Bertz CT molecular complexity index is 617. The van der Waals surface area contributed by atoms with E-state index in [4.69, 9.17) is 9.15 Å². The van der Waals surface area contributed by atoms with Crippen LogP contribution >= 0.6 is 0 Å². The van der Waals surface area contributed by atoms with Crippen LogP contribution in [0.25, 0.3) is 0 Å². The van der Waals surface area contributed by atoms with Crippen LogP contribution in [-0.2, 0) is 11.3 Å². The highest BCUT2D eigenvalue weighted by Gasteiger charge is 2.16. The summed E-state index contributed by atoms with van der Waals surface area (Å²) >= 11 is 0. The lowest BCUT2D eigenvalue weighted by atomic mass is 10.0. The fraction of sp³-hybridized carbons (Fsp3) is 0.389. The van der Waals surface area contributed by atoms with E-state index in [1.54, 1.807) is 19.3 Å². The number of hydrogen-bond acceptors (Lipinski definition) is 3. The highest BCUT2D eigenvalue weighted by molar-refractivity contribution is 5.80. The Hall–Kier alpha value is -2.23. The van der Waals surface area contributed by atoms with Crippen LogP contribution in [0.4, 0.5) is 0 Å². The Balaban J connectivity index is 1.97. The molecule has 4 heteroatoms. The maximum absolute atomic E-state index is 12.1. The molecule has 0 saturated carbocycles. The molecule has 1 heterocycles. The number of benzene rings is 1. The lowest BCUT2D eigenvalue weighted by molar-refractivity contribution is -0.127. The van der Waals surface area contributed by atoms with E-state index in [2.05, 4.69) is 25.2 Å². The summed E-state index contributed by atoms with van der Waals surface area (Å²) in [6, 6.07) is 9.74. The van der Waals surface area contributed by atoms with Gasteiger partial charge >= 0.3 is 0 Å². The van der Waals surface area contributed by atoms with Gasteiger partial charge in [-0.15, -0.1) is 0 Å². The van der Waals surface area contributed by atoms with Crippen LogP contribution in [0.5, 0.6) is 5.75 Å². The zero-order valence-electron chi connectivity index (χ0n) is 13.6. The molecule has 1 atom stereocenters. The number of aryl methyl sites for hydroxylation is 1. The molecule has 2 rings (SSSR count). The van der Waals surface area contributed by atoms with Crippen LogP contribution in [0.1, 0.15) is 43.6 Å².